The van der Waals surface area contributed by atoms with Gasteiger partial charge in [0.1, 0.15) is 6.61 Å². The van der Waals surface area contributed by atoms with E-state index in [0.29, 0.717) is 0 Å². The standard InChI is InChI=1S/C13H11F3N2O/c1-9-11(7-17-12(18-9)13(14,15)16)19-8-10-5-3-2-4-6-10/h2-7H,8H2,1H3. The Bertz CT molecular complexity index is 556. The number of rotatable bonds is 3. The van der Waals surface area contributed by atoms with E-state index in [0.717, 1.165) is 11.8 Å². The predicted molar refractivity (Wildman–Crippen MR) is 62.5 cm³/mol. The Hall–Kier alpha value is -2.11. The van der Waals surface area contributed by atoms with E-state index in [1.807, 2.05) is 30.3 Å². The van der Waals surface area contributed by atoms with Crippen LogP contribution in [0.25, 0.3) is 0 Å². The van der Waals surface area contributed by atoms with E-state index in [2.05, 4.69) is 9.97 Å². The lowest BCUT2D eigenvalue weighted by atomic mass is 10.2. The van der Waals surface area contributed by atoms with Crippen molar-refractivity contribution in [2.24, 2.45) is 0 Å². The Balaban J connectivity index is 2.10. The first-order valence-electron chi connectivity index (χ1n) is 5.54. The van der Waals surface area contributed by atoms with Crippen LogP contribution in [0.3, 0.4) is 0 Å². The minimum Gasteiger partial charge on any atom is -0.485 e. The van der Waals surface area contributed by atoms with Crippen LogP contribution in [0.5, 0.6) is 5.75 Å². The van der Waals surface area contributed by atoms with Gasteiger partial charge in [0.2, 0.25) is 5.82 Å². The van der Waals surface area contributed by atoms with E-state index in [9.17, 15) is 13.2 Å². The van der Waals surface area contributed by atoms with Gasteiger partial charge in [-0.25, -0.2) is 9.97 Å². The smallest absolute Gasteiger partial charge is 0.451 e. The van der Waals surface area contributed by atoms with Gasteiger partial charge in [0.05, 0.1) is 11.9 Å². The van der Waals surface area contributed by atoms with Gasteiger partial charge in [0.15, 0.2) is 5.75 Å². The van der Waals surface area contributed by atoms with E-state index in [4.69, 9.17) is 4.74 Å². The number of hydrogen-bond donors (Lipinski definition) is 0. The Labute approximate surface area is 108 Å². The number of alkyl halides is 3. The van der Waals surface area contributed by atoms with Crippen molar-refractivity contribution in [1.82, 2.24) is 9.97 Å². The molecule has 1 aromatic heterocycles. The minimum absolute atomic E-state index is 0.165. The van der Waals surface area contributed by atoms with Gasteiger partial charge in [0.25, 0.3) is 0 Å². The molecule has 0 saturated carbocycles. The van der Waals surface area contributed by atoms with E-state index in [1.54, 1.807) is 0 Å². The van der Waals surface area contributed by atoms with Gasteiger partial charge in [-0.2, -0.15) is 13.2 Å². The third-order valence-corrected chi connectivity index (χ3v) is 2.42. The number of nitrogens with zero attached hydrogens (tertiary/aromatic N) is 2. The maximum atomic E-state index is 12.4. The van der Waals surface area contributed by atoms with Crippen LogP contribution in [0.1, 0.15) is 17.1 Å². The summed E-state index contributed by atoms with van der Waals surface area (Å²) >= 11 is 0. The summed E-state index contributed by atoms with van der Waals surface area (Å²) in [4.78, 5) is 6.66. The first-order valence-corrected chi connectivity index (χ1v) is 5.54. The lowest BCUT2D eigenvalue weighted by molar-refractivity contribution is -0.145. The molecule has 3 nitrogen and oxygen atoms in total. The molecule has 0 bridgehead atoms. The molecule has 19 heavy (non-hydrogen) atoms. The van der Waals surface area contributed by atoms with Crippen molar-refractivity contribution in [3.05, 3.63) is 53.6 Å². The molecule has 0 radical (unpaired) electrons. The quantitative estimate of drug-likeness (QED) is 0.856. The number of halogens is 3. The number of hydrogen-bond acceptors (Lipinski definition) is 3. The highest BCUT2D eigenvalue weighted by Gasteiger charge is 2.34. The molecule has 0 aliphatic carbocycles. The van der Waals surface area contributed by atoms with E-state index in [1.165, 1.54) is 6.92 Å². The van der Waals surface area contributed by atoms with Crippen molar-refractivity contribution in [1.29, 1.82) is 0 Å². The van der Waals surface area contributed by atoms with Gasteiger partial charge in [-0.3, -0.25) is 0 Å². The molecule has 0 unspecified atom stereocenters. The fourth-order valence-corrected chi connectivity index (χ4v) is 1.47. The second kappa shape index (κ2) is 5.26. The van der Waals surface area contributed by atoms with Gasteiger partial charge < -0.3 is 4.74 Å². The third kappa shape index (κ3) is 3.43. The third-order valence-electron chi connectivity index (χ3n) is 2.42. The summed E-state index contributed by atoms with van der Waals surface area (Å²) in [7, 11) is 0. The van der Waals surface area contributed by atoms with E-state index >= 15 is 0 Å². The molecule has 6 heteroatoms. The number of benzene rings is 1. The Morgan fingerprint density at radius 1 is 1.16 bits per heavy atom. The summed E-state index contributed by atoms with van der Waals surface area (Å²) in [5, 5.41) is 0. The summed E-state index contributed by atoms with van der Waals surface area (Å²) in [6.07, 6.45) is -3.49. The molecule has 2 rings (SSSR count). The summed E-state index contributed by atoms with van der Waals surface area (Å²) in [5.74, 6) is -0.908. The van der Waals surface area contributed by atoms with Crippen LogP contribution in [0.4, 0.5) is 13.2 Å². The van der Waals surface area contributed by atoms with Gasteiger partial charge in [0, 0.05) is 0 Å². The first-order chi connectivity index (χ1) is 8.97. The number of aryl methyl sites for hydroxylation is 1. The summed E-state index contributed by atoms with van der Waals surface area (Å²) in [6, 6.07) is 9.31. The molecule has 0 aliphatic rings. The zero-order chi connectivity index (χ0) is 13.9. The minimum atomic E-state index is -4.54. The second-order valence-corrected chi connectivity index (χ2v) is 3.92. The molecular formula is C13H11F3N2O. The zero-order valence-electron chi connectivity index (χ0n) is 10.1. The summed E-state index contributed by atoms with van der Waals surface area (Å²) in [5.41, 5.74) is 1.08. The molecule has 2 aromatic rings. The maximum absolute atomic E-state index is 12.4. The lowest BCUT2D eigenvalue weighted by Gasteiger charge is -2.10. The van der Waals surface area contributed by atoms with Crippen LogP contribution in [0.2, 0.25) is 0 Å². The molecule has 100 valence electrons. The largest absolute Gasteiger partial charge is 0.485 e. The van der Waals surface area contributed by atoms with Gasteiger partial charge in [-0.15, -0.1) is 0 Å². The highest BCUT2D eigenvalue weighted by Crippen LogP contribution is 2.27. The topological polar surface area (TPSA) is 35.0 Å². The SMILES string of the molecule is Cc1nc(C(F)(F)F)ncc1OCc1ccccc1. The van der Waals surface area contributed by atoms with Crippen LogP contribution in [-0.4, -0.2) is 9.97 Å². The normalized spacial score (nSPS) is 11.4. The number of ether oxygens (including phenoxy) is 1. The molecule has 0 spiro atoms. The Morgan fingerprint density at radius 2 is 1.84 bits per heavy atom. The second-order valence-electron chi connectivity index (χ2n) is 3.92. The highest BCUT2D eigenvalue weighted by molar-refractivity contribution is 5.24. The van der Waals surface area contributed by atoms with Crippen molar-refractivity contribution in [3.63, 3.8) is 0 Å². The van der Waals surface area contributed by atoms with Crippen LogP contribution in [0.15, 0.2) is 36.5 Å². The monoisotopic (exact) mass is 268 g/mol. The average molecular weight is 268 g/mol. The molecule has 1 aromatic carbocycles. The molecule has 0 saturated heterocycles. The fourth-order valence-electron chi connectivity index (χ4n) is 1.47. The highest BCUT2D eigenvalue weighted by atomic mass is 19.4. The van der Waals surface area contributed by atoms with Crippen molar-refractivity contribution >= 4 is 0 Å². The van der Waals surface area contributed by atoms with Crippen molar-refractivity contribution in [2.45, 2.75) is 19.7 Å². The lowest BCUT2D eigenvalue weighted by Crippen LogP contribution is -2.12. The Kier molecular flexibility index (Phi) is 3.69. The summed E-state index contributed by atoms with van der Waals surface area (Å²) < 4.78 is 42.6. The molecular weight excluding hydrogens is 257 g/mol. The van der Waals surface area contributed by atoms with Gasteiger partial charge >= 0.3 is 6.18 Å². The van der Waals surface area contributed by atoms with Gasteiger partial charge in [-0.05, 0) is 12.5 Å². The summed E-state index contributed by atoms with van der Waals surface area (Å²) in [6.45, 7) is 1.72. The van der Waals surface area contributed by atoms with E-state index < -0.39 is 12.0 Å². The van der Waals surface area contributed by atoms with Crippen molar-refractivity contribution in [3.8, 4) is 5.75 Å². The average Bonchev–Trinajstić information content (AvgIpc) is 2.37. The molecule has 0 amide bonds. The molecule has 0 fully saturated rings. The predicted octanol–water partition coefficient (Wildman–Crippen LogP) is 3.38. The molecule has 0 N–H and O–H groups in total. The molecule has 1 heterocycles. The zero-order valence-corrected chi connectivity index (χ0v) is 10.1. The van der Waals surface area contributed by atoms with Crippen molar-refractivity contribution in [2.75, 3.05) is 0 Å². The van der Waals surface area contributed by atoms with Crippen LogP contribution in [-0.2, 0) is 12.8 Å². The molecule has 0 atom stereocenters. The van der Waals surface area contributed by atoms with Crippen molar-refractivity contribution < 1.29 is 17.9 Å². The Morgan fingerprint density at radius 3 is 2.42 bits per heavy atom. The number of aromatic nitrogens is 2. The van der Waals surface area contributed by atoms with E-state index in [-0.39, 0.29) is 18.1 Å². The van der Waals surface area contributed by atoms with Crippen LogP contribution >= 0.6 is 0 Å². The van der Waals surface area contributed by atoms with Gasteiger partial charge in [-0.1, -0.05) is 30.3 Å². The van der Waals surface area contributed by atoms with Crippen LogP contribution in [0, 0.1) is 6.92 Å². The first kappa shape index (κ1) is 13.3. The van der Waals surface area contributed by atoms with Crippen LogP contribution < -0.4 is 4.74 Å². The molecule has 0 aliphatic heterocycles. The maximum Gasteiger partial charge on any atom is 0.451 e. The fraction of sp³-hybridized carbons (Fsp3) is 0.231.